The van der Waals surface area contributed by atoms with Gasteiger partial charge in [-0.3, -0.25) is 0 Å². The molecule has 1 fully saturated rings. The Morgan fingerprint density at radius 2 is 2.32 bits per heavy atom. The van der Waals surface area contributed by atoms with Crippen molar-refractivity contribution in [2.45, 2.75) is 38.4 Å². The van der Waals surface area contributed by atoms with E-state index in [0.29, 0.717) is 18.0 Å². The molecule has 19 heavy (non-hydrogen) atoms. The monoisotopic (exact) mass is 265 g/mol. The number of benzene rings is 1. The summed E-state index contributed by atoms with van der Waals surface area (Å²) in [5, 5.41) is 9.08. The molecule has 1 aliphatic heterocycles. The minimum atomic E-state index is -1.03. The molecule has 2 rings (SSSR count). The highest BCUT2D eigenvalue weighted by atomic mass is 16.6. The lowest BCUT2D eigenvalue weighted by atomic mass is 10.1. The second-order valence-corrected chi connectivity index (χ2v) is 5.41. The van der Waals surface area contributed by atoms with Gasteiger partial charge in [-0.25, -0.2) is 4.79 Å². The minimum Gasteiger partial charge on any atom is -0.490 e. The van der Waals surface area contributed by atoms with Crippen molar-refractivity contribution in [3.63, 3.8) is 0 Å². The van der Waals surface area contributed by atoms with E-state index in [0.717, 1.165) is 12.8 Å². The van der Waals surface area contributed by atoms with E-state index in [2.05, 4.69) is 0 Å². The fourth-order valence-electron chi connectivity index (χ4n) is 2.21. The SMILES string of the molecule is CC1(C)CCC(COc2cc(N)ccc2C(=O)O)O1. The third-order valence-electron chi connectivity index (χ3n) is 3.21. The molecule has 1 aromatic rings. The van der Waals surface area contributed by atoms with Crippen LogP contribution in [0.15, 0.2) is 18.2 Å². The summed E-state index contributed by atoms with van der Waals surface area (Å²) in [7, 11) is 0. The van der Waals surface area contributed by atoms with E-state index in [-0.39, 0.29) is 17.3 Å². The molecule has 0 aliphatic carbocycles. The molecule has 0 saturated carbocycles. The van der Waals surface area contributed by atoms with Crippen LogP contribution in [0.5, 0.6) is 5.75 Å². The number of rotatable bonds is 4. The third-order valence-corrected chi connectivity index (χ3v) is 3.21. The lowest BCUT2D eigenvalue weighted by Crippen LogP contribution is -2.24. The van der Waals surface area contributed by atoms with Gasteiger partial charge in [0.2, 0.25) is 0 Å². The molecule has 1 saturated heterocycles. The van der Waals surface area contributed by atoms with E-state index < -0.39 is 5.97 Å². The number of carboxylic acids is 1. The number of nitrogens with two attached hydrogens (primary N) is 1. The van der Waals surface area contributed by atoms with Gasteiger partial charge in [-0.2, -0.15) is 0 Å². The van der Waals surface area contributed by atoms with Gasteiger partial charge >= 0.3 is 5.97 Å². The normalized spacial score (nSPS) is 21.3. The topological polar surface area (TPSA) is 81.8 Å². The average molecular weight is 265 g/mol. The number of carbonyl (C=O) groups is 1. The molecule has 0 spiro atoms. The van der Waals surface area contributed by atoms with E-state index in [1.54, 1.807) is 6.07 Å². The zero-order chi connectivity index (χ0) is 14.0. The molecule has 104 valence electrons. The molecule has 1 atom stereocenters. The van der Waals surface area contributed by atoms with Gasteiger partial charge in [0.15, 0.2) is 0 Å². The predicted molar refractivity (Wildman–Crippen MR) is 71.5 cm³/mol. The molecule has 1 aromatic carbocycles. The highest BCUT2D eigenvalue weighted by molar-refractivity contribution is 5.91. The summed E-state index contributed by atoms with van der Waals surface area (Å²) < 4.78 is 11.4. The van der Waals surface area contributed by atoms with Crippen LogP contribution in [0.25, 0.3) is 0 Å². The van der Waals surface area contributed by atoms with Gasteiger partial charge < -0.3 is 20.3 Å². The van der Waals surface area contributed by atoms with Crippen LogP contribution in [0.2, 0.25) is 0 Å². The van der Waals surface area contributed by atoms with Crippen molar-refractivity contribution in [1.82, 2.24) is 0 Å². The van der Waals surface area contributed by atoms with Gasteiger partial charge in [-0.1, -0.05) is 0 Å². The molecule has 5 nitrogen and oxygen atoms in total. The number of carboxylic acid groups (broad SMARTS) is 1. The quantitative estimate of drug-likeness (QED) is 0.816. The number of anilines is 1. The van der Waals surface area contributed by atoms with Crippen LogP contribution in [-0.4, -0.2) is 29.4 Å². The number of hydrogen-bond acceptors (Lipinski definition) is 4. The van der Waals surface area contributed by atoms with Gasteiger partial charge in [0.05, 0.1) is 11.7 Å². The first-order valence-electron chi connectivity index (χ1n) is 6.31. The van der Waals surface area contributed by atoms with E-state index in [1.807, 2.05) is 13.8 Å². The summed E-state index contributed by atoms with van der Waals surface area (Å²) in [4.78, 5) is 11.1. The molecule has 3 N–H and O–H groups in total. The highest BCUT2D eigenvalue weighted by Crippen LogP contribution is 2.30. The second-order valence-electron chi connectivity index (χ2n) is 5.41. The van der Waals surface area contributed by atoms with Crippen LogP contribution < -0.4 is 10.5 Å². The summed E-state index contributed by atoms with van der Waals surface area (Å²) in [5.74, 6) is -0.733. The molecule has 5 heteroatoms. The van der Waals surface area contributed by atoms with Crippen LogP contribution in [0, 0.1) is 0 Å². The number of aromatic carboxylic acids is 1. The lowest BCUT2D eigenvalue weighted by molar-refractivity contribution is -0.0328. The average Bonchev–Trinajstić information content (AvgIpc) is 2.66. The number of ether oxygens (including phenoxy) is 2. The van der Waals surface area contributed by atoms with Crippen molar-refractivity contribution < 1.29 is 19.4 Å². The molecule has 0 bridgehead atoms. The molecular weight excluding hydrogens is 246 g/mol. The maximum atomic E-state index is 11.1. The molecule has 1 unspecified atom stereocenters. The Labute approximate surface area is 112 Å². The van der Waals surface area contributed by atoms with E-state index in [1.165, 1.54) is 12.1 Å². The first-order valence-corrected chi connectivity index (χ1v) is 6.31. The van der Waals surface area contributed by atoms with Crippen LogP contribution in [0.1, 0.15) is 37.0 Å². The Morgan fingerprint density at radius 1 is 1.58 bits per heavy atom. The Kier molecular flexibility index (Phi) is 3.66. The maximum Gasteiger partial charge on any atom is 0.339 e. The fraction of sp³-hybridized carbons (Fsp3) is 0.500. The lowest BCUT2D eigenvalue weighted by Gasteiger charge is -2.19. The van der Waals surface area contributed by atoms with Crippen LogP contribution in [0.3, 0.4) is 0 Å². The standard InChI is InChI=1S/C14H19NO4/c1-14(2)6-5-10(19-14)8-18-12-7-9(15)3-4-11(12)13(16)17/h3-4,7,10H,5-6,8,15H2,1-2H3,(H,16,17). The zero-order valence-corrected chi connectivity index (χ0v) is 11.2. The Balaban J connectivity index is 2.03. The number of hydrogen-bond donors (Lipinski definition) is 2. The van der Waals surface area contributed by atoms with Gasteiger partial charge in [-0.05, 0) is 38.8 Å². The third kappa shape index (κ3) is 3.38. The first kappa shape index (κ1) is 13.7. The summed E-state index contributed by atoms with van der Waals surface area (Å²) in [6, 6.07) is 4.53. The van der Waals surface area contributed by atoms with Gasteiger partial charge in [0.25, 0.3) is 0 Å². The summed E-state index contributed by atoms with van der Waals surface area (Å²) in [5.41, 5.74) is 6.12. The zero-order valence-electron chi connectivity index (χ0n) is 11.2. The highest BCUT2D eigenvalue weighted by Gasteiger charge is 2.32. The second kappa shape index (κ2) is 5.09. The van der Waals surface area contributed by atoms with E-state index in [4.69, 9.17) is 20.3 Å². The predicted octanol–water partition coefficient (Wildman–Crippen LogP) is 2.30. The summed E-state index contributed by atoms with van der Waals surface area (Å²) in [6.07, 6.45) is 1.89. The van der Waals surface area contributed by atoms with Crippen LogP contribution >= 0.6 is 0 Å². The van der Waals surface area contributed by atoms with Crippen molar-refractivity contribution in [1.29, 1.82) is 0 Å². The van der Waals surface area contributed by atoms with Crippen molar-refractivity contribution in [3.05, 3.63) is 23.8 Å². The molecular formula is C14H19NO4. The van der Waals surface area contributed by atoms with Crippen LogP contribution in [0.4, 0.5) is 5.69 Å². The van der Waals surface area contributed by atoms with Crippen LogP contribution in [-0.2, 0) is 4.74 Å². The van der Waals surface area contributed by atoms with Gasteiger partial charge in [0.1, 0.15) is 17.9 Å². The Bertz CT molecular complexity index is 484. The largest absolute Gasteiger partial charge is 0.490 e. The van der Waals surface area contributed by atoms with Gasteiger partial charge in [0, 0.05) is 11.8 Å². The van der Waals surface area contributed by atoms with Gasteiger partial charge in [-0.15, -0.1) is 0 Å². The number of nitrogen functional groups attached to an aromatic ring is 1. The Morgan fingerprint density at radius 3 is 2.89 bits per heavy atom. The molecule has 1 heterocycles. The van der Waals surface area contributed by atoms with Crippen molar-refractivity contribution in [2.24, 2.45) is 0 Å². The summed E-state index contributed by atoms with van der Waals surface area (Å²) in [6.45, 7) is 4.42. The van der Waals surface area contributed by atoms with E-state index in [9.17, 15) is 4.79 Å². The first-order chi connectivity index (χ1) is 8.87. The molecule has 0 aromatic heterocycles. The molecule has 0 amide bonds. The fourth-order valence-corrected chi connectivity index (χ4v) is 2.21. The van der Waals surface area contributed by atoms with Crippen molar-refractivity contribution in [2.75, 3.05) is 12.3 Å². The Hall–Kier alpha value is -1.75. The molecule has 1 aliphatic rings. The smallest absolute Gasteiger partial charge is 0.339 e. The van der Waals surface area contributed by atoms with Crippen molar-refractivity contribution >= 4 is 11.7 Å². The van der Waals surface area contributed by atoms with Crippen molar-refractivity contribution in [3.8, 4) is 5.75 Å². The van der Waals surface area contributed by atoms with E-state index >= 15 is 0 Å². The molecule has 0 radical (unpaired) electrons. The minimum absolute atomic E-state index is 0.00178. The summed E-state index contributed by atoms with van der Waals surface area (Å²) >= 11 is 0. The maximum absolute atomic E-state index is 11.1.